The predicted molar refractivity (Wildman–Crippen MR) is 76.1 cm³/mol. The van der Waals surface area contributed by atoms with Gasteiger partial charge < -0.3 is 23.5 Å². The molecule has 0 N–H and O–H groups in total. The van der Waals surface area contributed by atoms with Crippen molar-refractivity contribution in [3.63, 3.8) is 0 Å². The molecule has 1 aromatic rings. The van der Waals surface area contributed by atoms with Gasteiger partial charge in [-0.2, -0.15) is 0 Å². The summed E-state index contributed by atoms with van der Waals surface area (Å²) in [5.41, 5.74) is 2.21. The molecule has 4 atom stereocenters. The van der Waals surface area contributed by atoms with Crippen molar-refractivity contribution in [2.45, 2.75) is 51.2 Å². The second-order valence-corrected chi connectivity index (χ2v) is 6.27. The molecule has 5 nitrogen and oxygen atoms in total. The summed E-state index contributed by atoms with van der Waals surface area (Å²) in [6.45, 7) is 6.33. The third-order valence-corrected chi connectivity index (χ3v) is 4.22. The fourth-order valence-electron chi connectivity index (χ4n) is 3.22. The molecule has 3 aliphatic rings. The molecule has 0 unspecified atom stereocenters. The van der Waals surface area contributed by atoms with Crippen molar-refractivity contribution in [3.8, 4) is 0 Å². The van der Waals surface area contributed by atoms with Crippen molar-refractivity contribution in [1.29, 1.82) is 0 Å². The number of ether oxygens (including phenoxy) is 3. The fraction of sp³-hybridized carbons (Fsp3) is 0.600. The summed E-state index contributed by atoms with van der Waals surface area (Å²) in [5.74, 6) is -0.625. The standard InChI is InChI=1S/C15H19BO5/c1-9-6-4-5-7-10(9)16-17-8-11-12(21-16)13-14(18-11)20-15(2,3)19-13/h4-7,11-14H,8H2,1-3H3/t11-,12+,13-,14-/m1/s1. The van der Waals surface area contributed by atoms with Crippen molar-refractivity contribution < 1.29 is 23.5 Å². The van der Waals surface area contributed by atoms with Gasteiger partial charge in [-0.05, 0) is 26.2 Å². The molecule has 112 valence electrons. The van der Waals surface area contributed by atoms with E-state index in [2.05, 4.69) is 13.0 Å². The third kappa shape index (κ3) is 2.31. The third-order valence-electron chi connectivity index (χ3n) is 4.22. The van der Waals surface area contributed by atoms with Gasteiger partial charge in [0.25, 0.3) is 0 Å². The van der Waals surface area contributed by atoms with E-state index in [0.29, 0.717) is 6.61 Å². The maximum atomic E-state index is 6.13. The molecule has 3 aliphatic heterocycles. The zero-order chi connectivity index (χ0) is 14.6. The zero-order valence-electron chi connectivity index (χ0n) is 12.4. The Balaban J connectivity index is 1.55. The first-order valence-electron chi connectivity index (χ1n) is 7.37. The van der Waals surface area contributed by atoms with Crippen LogP contribution in [0.4, 0.5) is 0 Å². The van der Waals surface area contributed by atoms with E-state index in [-0.39, 0.29) is 31.7 Å². The van der Waals surface area contributed by atoms with Gasteiger partial charge in [-0.1, -0.05) is 29.8 Å². The van der Waals surface area contributed by atoms with E-state index in [9.17, 15) is 0 Å². The largest absolute Gasteiger partial charge is 0.494 e. The van der Waals surface area contributed by atoms with Crippen molar-refractivity contribution in [2.24, 2.45) is 0 Å². The van der Waals surface area contributed by atoms with E-state index >= 15 is 0 Å². The Morgan fingerprint density at radius 1 is 1.14 bits per heavy atom. The summed E-state index contributed by atoms with van der Waals surface area (Å²) in [4.78, 5) is 0. The average Bonchev–Trinajstić information content (AvgIpc) is 2.90. The zero-order valence-corrected chi connectivity index (χ0v) is 12.4. The lowest BCUT2D eigenvalue weighted by Gasteiger charge is -2.33. The normalized spacial score (nSPS) is 37.4. The van der Waals surface area contributed by atoms with Crippen molar-refractivity contribution in [2.75, 3.05) is 6.61 Å². The second kappa shape index (κ2) is 4.79. The quantitative estimate of drug-likeness (QED) is 0.722. The number of fused-ring (bicyclic) bond motifs is 3. The Morgan fingerprint density at radius 3 is 2.76 bits per heavy atom. The van der Waals surface area contributed by atoms with Crippen molar-refractivity contribution >= 4 is 12.6 Å². The molecule has 0 saturated carbocycles. The first-order chi connectivity index (χ1) is 10.0. The molecule has 3 saturated heterocycles. The van der Waals surface area contributed by atoms with Gasteiger partial charge in [0.2, 0.25) is 0 Å². The highest BCUT2D eigenvalue weighted by atomic mass is 16.8. The van der Waals surface area contributed by atoms with Gasteiger partial charge in [0.15, 0.2) is 12.1 Å². The van der Waals surface area contributed by atoms with Crippen LogP contribution in [0.5, 0.6) is 0 Å². The summed E-state index contributed by atoms with van der Waals surface area (Å²) in [7, 11) is -0.373. The van der Waals surface area contributed by atoms with Crippen LogP contribution in [0.1, 0.15) is 19.4 Å². The lowest BCUT2D eigenvalue weighted by Crippen LogP contribution is -2.53. The van der Waals surface area contributed by atoms with Crippen LogP contribution >= 0.6 is 0 Å². The van der Waals surface area contributed by atoms with E-state index in [0.717, 1.165) is 11.0 Å². The van der Waals surface area contributed by atoms with Crippen LogP contribution in [0.15, 0.2) is 24.3 Å². The molecule has 0 bridgehead atoms. The minimum Gasteiger partial charge on any atom is -0.404 e. The average molecular weight is 290 g/mol. The highest BCUT2D eigenvalue weighted by Gasteiger charge is 2.58. The fourth-order valence-corrected chi connectivity index (χ4v) is 3.22. The Labute approximate surface area is 124 Å². The summed E-state index contributed by atoms with van der Waals surface area (Å²) >= 11 is 0. The number of benzene rings is 1. The molecular formula is C15H19BO5. The summed E-state index contributed by atoms with van der Waals surface area (Å²) < 4.78 is 29.5. The molecule has 21 heavy (non-hydrogen) atoms. The van der Waals surface area contributed by atoms with Crippen LogP contribution < -0.4 is 5.46 Å². The van der Waals surface area contributed by atoms with Gasteiger partial charge in [-0.15, -0.1) is 0 Å². The molecule has 4 rings (SSSR count). The first-order valence-corrected chi connectivity index (χ1v) is 7.37. The monoisotopic (exact) mass is 290 g/mol. The maximum absolute atomic E-state index is 6.13. The van der Waals surface area contributed by atoms with Gasteiger partial charge in [-0.25, -0.2) is 0 Å². The lowest BCUT2D eigenvalue weighted by atomic mass is 9.74. The highest BCUT2D eigenvalue weighted by Crippen LogP contribution is 2.40. The minimum absolute atomic E-state index is 0.128. The molecule has 1 aromatic carbocycles. The van der Waals surface area contributed by atoms with Crippen LogP contribution in [0.2, 0.25) is 0 Å². The lowest BCUT2D eigenvalue weighted by molar-refractivity contribution is -0.221. The number of rotatable bonds is 1. The maximum Gasteiger partial charge on any atom is 0.494 e. The minimum atomic E-state index is -0.625. The molecule has 0 aliphatic carbocycles. The molecular weight excluding hydrogens is 271 g/mol. The Bertz CT molecular complexity index is 549. The van der Waals surface area contributed by atoms with Crippen LogP contribution in [0, 0.1) is 6.92 Å². The van der Waals surface area contributed by atoms with E-state index in [1.165, 1.54) is 0 Å². The Kier molecular flexibility index (Phi) is 3.13. The van der Waals surface area contributed by atoms with Crippen LogP contribution in [-0.2, 0) is 23.5 Å². The number of hydrogen-bond acceptors (Lipinski definition) is 5. The molecule has 0 aromatic heterocycles. The van der Waals surface area contributed by atoms with Crippen LogP contribution in [0.3, 0.4) is 0 Å². The van der Waals surface area contributed by atoms with Gasteiger partial charge in [-0.3, -0.25) is 0 Å². The summed E-state index contributed by atoms with van der Waals surface area (Å²) in [5, 5.41) is 0. The summed E-state index contributed by atoms with van der Waals surface area (Å²) in [6.07, 6.45) is -0.846. The van der Waals surface area contributed by atoms with Gasteiger partial charge >= 0.3 is 7.12 Å². The van der Waals surface area contributed by atoms with Crippen LogP contribution in [0.25, 0.3) is 0 Å². The highest BCUT2D eigenvalue weighted by molar-refractivity contribution is 6.62. The molecule has 0 amide bonds. The Hall–Kier alpha value is -0.915. The molecule has 0 radical (unpaired) electrons. The predicted octanol–water partition coefficient (Wildman–Crippen LogP) is 0.982. The molecule has 6 heteroatoms. The van der Waals surface area contributed by atoms with Gasteiger partial charge in [0.1, 0.15) is 18.3 Å². The van der Waals surface area contributed by atoms with Crippen molar-refractivity contribution in [1.82, 2.24) is 0 Å². The van der Waals surface area contributed by atoms with Gasteiger partial charge in [0, 0.05) is 0 Å². The Morgan fingerprint density at radius 2 is 1.95 bits per heavy atom. The van der Waals surface area contributed by atoms with E-state index < -0.39 is 5.79 Å². The molecule has 3 fully saturated rings. The second-order valence-electron chi connectivity index (χ2n) is 6.27. The van der Waals surface area contributed by atoms with Crippen molar-refractivity contribution in [3.05, 3.63) is 29.8 Å². The molecule has 0 spiro atoms. The van der Waals surface area contributed by atoms with Crippen LogP contribution in [-0.4, -0.2) is 44.1 Å². The first kappa shape index (κ1) is 13.7. The number of aryl methyl sites for hydroxylation is 1. The van der Waals surface area contributed by atoms with E-state index in [1.807, 2.05) is 32.0 Å². The smallest absolute Gasteiger partial charge is 0.404 e. The SMILES string of the molecule is Cc1ccccc1B1OC[C@H]2O[C@@H]3OC(C)(C)O[C@@H]3[C@H]2O1. The van der Waals surface area contributed by atoms with Gasteiger partial charge in [0.05, 0.1) is 6.61 Å². The number of hydrogen-bond donors (Lipinski definition) is 0. The van der Waals surface area contributed by atoms with E-state index in [4.69, 9.17) is 23.5 Å². The van der Waals surface area contributed by atoms with E-state index in [1.54, 1.807) is 0 Å². The topological polar surface area (TPSA) is 46.2 Å². The molecule has 3 heterocycles. The summed E-state index contributed by atoms with van der Waals surface area (Å²) in [6, 6.07) is 8.09.